The zero-order chi connectivity index (χ0) is 13.4. The molecule has 0 spiro atoms. The molecule has 1 aliphatic rings. The predicted octanol–water partition coefficient (Wildman–Crippen LogP) is 2.91. The highest BCUT2D eigenvalue weighted by molar-refractivity contribution is 5.76. The molecule has 1 N–H and O–H groups in total. The fourth-order valence-corrected chi connectivity index (χ4v) is 3.00. The Morgan fingerprint density at radius 2 is 2.32 bits per heavy atom. The molecule has 19 heavy (non-hydrogen) atoms. The minimum atomic E-state index is -0.220. The molecule has 3 nitrogen and oxygen atoms in total. The van der Waals surface area contributed by atoms with E-state index in [2.05, 4.69) is 28.7 Å². The number of fused-ring (bicyclic) bond motifs is 1. The maximum absolute atomic E-state index is 13.9. The van der Waals surface area contributed by atoms with Crippen molar-refractivity contribution >= 4 is 11.0 Å². The monoisotopic (exact) mass is 261 g/mol. The van der Waals surface area contributed by atoms with Crippen LogP contribution in [0.25, 0.3) is 11.0 Å². The lowest BCUT2D eigenvalue weighted by molar-refractivity contribution is 0.514. The van der Waals surface area contributed by atoms with Crippen molar-refractivity contribution in [1.82, 2.24) is 14.9 Å². The normalized spacial score (nSPS) is 19.7. The average Bonchev–Trinajstić information content (AvgIpc) is 2.97. The minimum absolute atomic E-state index is 0.220. The van der Waals surface area contributed by atoms with E-state index in [0.717, 1.165) is 30.9 Å². The first-order valence-electron chi connectivity index (χ1n) is 7.03. The molecule has 1 fully saturated rings. The molecule has 1 aliphatic heterocycles. The molecule has 3 rings (SSSR count). The molecular formula is C15H20FN3. The Balaban J connectivity index is 2.06. The van der Waals surface area contributed by atoms with Gasteiger partial charge in [0.15, 0.2) is 5.82 Å². The lowest BCUT2D eigenvalue weighted by atomic mass is 10.0. The third-order valence-electron chi connectivity index (χ3n) is 3.89. The first-order valence-corrected chi connectivity index (χ1v) is 7.03. The smallest absolute Gasteiger partial charge is 0.151 e. The Bertz CT molecular complexity index is 582. The molecule has 0 bridgehead atoms. The van der Waals surface area contributed by atoms with Crippen LogP contribution in [0.4, 0.5) is 4.39 Å². The lowest BCUT2D eigenvalue weighted by Crippen LogP contribution is -2.14. The van der Waals surface area contributed by atoms with Gasteiger partial charge in [-0.15, -0.1) is 0 Å². The van der Waals surface area contributed by atoms with Gasteiger partial charge in [0.05, 0.1) is 5.52 Å². The molecule has 4 heteroatoms. The van der Waals surface area contributed by atoms with E-state index in [1.807, 2.05) is 6.07 Å². The van der Waals surface area contributed by atoms with E-state index in [4.69, 9.17) is 0 Å². The predicted molar refractivity (Wildman–Crippen MR) is 74.8 cm³/mol. The lowest BCUT2D eigenvalue weighted by Gasteiger charge is -2.15. The molecule has 1 atom stereocenters. The van der Waals surface area contributed by atoms with Gasteiger partial charge in [0, 0.05) is 12.5 Å². The van der Waals surface area contributed by atoms with E-state index in [1.165, 1.54) is 12.5 Å². The molecule has 1 saturated heterocycles. The Labute approximate surface area is 112 Å². The molecular weight excluding hydrogens is 241 g/mol. The first-order chi connectivity index (χ1) is 9.16. The van der Waals surface area contributed by atoms with E-state index in [9.17, 15) is 4.39 Å². The van der Waals surface area contributed by atoms with Crippen LogP contribution in [0.1, 0.15) is 32.1 Å². The maximum Gasteiger partial charge on any atom is 0.151 e. The Hall–Kier alpha value is -1.42. The second-order valence-corrected chi connectivity index (χ2v) is 5.66. The summed E-state index contributed by atoms with van der Waals surface area (Å²) in [5.41, 5.74) is 1.42. The first kappa shape index (κ1) is 12.6. The Morgan fingerprint density at radius 1 is 1.47 bits per heavy atom. The summed E-state index contributed by atoms with van der Waals surface area (Å²) in [7, 11) is 0. The van der Waals surface area contributed by atoms with E-state index >= 15 is 0 Å². The number of rotatable bonds is 3. The van der Waals surface area contributed by atoms with Gasteiger partial charge in [-0.25, -0.2) is 9.37 Å². The summed E-state index contributed by atoms with van der Waals surface area (Å²) in [5, 5.41) is 3.38. The average molecular weight is 261 g/mol. The summed E-state index contributed by atoms with van der Waals surface area (Å²) in [6.45, 7) is 6.38. The third kappa shape index (κ3) is 2.25. The highest BCUT2D eigenvalue weighted by Gasteiger charge is 2.21. The van der Waals surface area contributed by atoms with Gasteiger partial charge in [-0.3, -0.25) is 0 Å². The number of hydrogen-bond acceptors (Lipinski definition) is 2. The maximum atomic E-state index is 13.9. The van der Waals surface area contributed by atoms with Gasteiger partial charge in [0.2, 0.25) is 0 Å². The second-order valence-electron chi connectivity index (χ2n) is 5.66. The number of para-hydroxylation sites is 1. The van der Waals surface area contributed by atoms with Gasteiger partial charge in [-0.1, -0.05) is 6.07 Å². The molecule has 1 aromatic carbocycles. The van der Waals surface area contributed by atoms with Crippen molar-refractivity contribution < 1.29 is 4.39 Å². The number of nitrogens with zero attached hydrogens (tertiary/aromatic N) is 2. The van der Waals surface area contributed by atoms with E-state index < -0.39 is 0 Å². The molecule has 1 unspecified atom stereocenters. The van der Waals surface area contributed by atoms with Crippen LogP contribution < -0.4 is 5.32 Å². The molecule has 102 valence electrons. The number of hydrogen-bond donors (Lipinski definition) is 1. The van der Waals surface area contributed by atoms with Crippen molar-refractivity contribution in [3.05, 3.63) is 29.8 Å². The van der Waals surface area contributed by atoms with Crippen LogP contribution in [0.15, 0.2) is 18.2 Å². The van der Waals surface area contributed by atoms with Gasteiger partial charge >= 0.3 is 0 Å². The van der Waals surface area contributed by atoms with Crippen molar-refractivity contribution in [3.63, 3.8) is 0 Å². The van der Waals surface area contributed by atoms with Crippen molar-refractivity contribution in [1.29, 1.82) is 0 Å². The standard InChI is InChI=1S/C15H20FN3/c1-10(2)19-13-5-3-4-12(16)15(13)18-14(19)8-11-6-7-17-9-11/h3-5,10-11,17H,6-9H2,1-2H3. The van der Waals surface area contributed by atoms with E-state index in [-0.39, 0.29) is 5.82 Å². The van der Waals surface area contributed by atoms with Gasteiger partial charge < -0.3 is 9.88 Å². The van der Waals surface area contributed by atoms with Crippen molar-refractivity contribution in [3.8, 4) is 0 Å². The Morgan fingerprint density at radius 3 is 3.00 bits per heavy atom. The van der Waals surface area contributed by atoms with Crippen LogP contribution in [-0.4, -0.2) is 22.6 Å². The largest absolute Gasteiger partial charge is 0.325 e. The van der Waals surface area contributed by atoms with E-state index in [0.29, 0.717) is 17.5 Å². The molecule has 0 radical (unpaired) electrons. The second kappa shape index (κ2) is 4.93. The number of halogens is 1. The highest BCUT2D eigenvalue weighted by Crippen LogP contribution is 2.25. The van der Waals surface area contributed by atoms with Crippen molar-refractivity contribution in [2.75, 3.05) is 13.1 Å². The minimum Gasteiger partial charge on any atom is -0.325 e. The van der Waals surface area contributed by atoms with Crippen LogP contribution in [0.3, 0.4) is 0 Å². The van der Waals surface area contributed by atoms with Crippen LogP contribution in [-0.2, 0) is 6.42 Å². The summed E-state index contributed by atoms with van der Waals surface area (Å²) >= 11 is 0. The molecule has 0 aliphatic carbocycles. The summed E-state index contributed by atoms with van der Waals surface area (Å²) in [6, 6.07) is 5.51. The summed E-state index contributed by atoms with van der Waals surface area (Å²) in [4.78, 5) is 4.56. The van der Waals surface area contributed by atoms with Gasteiger partial charge in [0.1, 0.15) is 11.3 Å². The molecule has 2 heterocycles. The van der Waals surface area contributed by atoms with Gasteiger partial charge in [-0.05, 0) is 51.4 Å². The van der Waals surface area contributed by atoms with Crippen LogP contribution >= 0.6 is 0 Å². The molecule has 2 aromatic rings. The van der Waals surface area contributed by atoms with Crippen LogP contribution in [0.2, 0.25) is 0 Å². The zero-order valence-corrected chi connectivity index (χ0v) is 11.5. The number of aromatic nitrogens is 2. The van der Waals surface area contributed by atoms with Gasteiger partial charge in [-0.2, -0.15) is 0 Å². The molecule has 0 saturated carbocycles. The van der Waals surface area contributed by atoms with Crippen molar-refractivity contribution in [2.24, 2.45) is 5.92 Å². The quantitative estimate of drug-likeness (QED) is 0.920. The summed E-state index contributed by atoms with van der Waals surface area (Å²) in [5.74, 6) is 1.42. The van der Waals surface area contributed by atoms with Crippen molar-refractivity contribution in [2.45, 2.75) is 32.7 Å². The number of benzene rings is 1. The fraction of sp³-hybridized carbons (Fsp3) is 0.533. The molecule has 0 amide bonds. The summed E-state index contributed by atoms with van der Waals surface area (Å²) < 4.78 is 16.0. The number of imidazole rings is 1. The SMILES string of the molecule is CC(C)n1c(CC2CCNC2)nc2c(F)cccc21. The van der Waals surface area contributed by atoms with Crippen LogP contribution in [0, 0.1) is 11.7 Å². The third-order valence-corrected chi connectivity index (χ3v) is 3.89. The van der Waals surface area contributed by atoms with Gasteiger partial charge in [0.25, 0.3) is 0 Å². The topological polar surface area (TPSA) is 29.9 Å². The fourth-order valence-electron chi connectivity index (χ4n) is 3.00. The summed E-state index contributed by atoms with van der Waals surface area (Å²) in [6.07, 6.45) is 2.11. The zero-order valence-electron chi connectivity index (χ0n) is 11.5. The van der Waals surface area contributed by atoms with E-state index in [1.54, 1.807) is 6.07 Å². The highest BCUT2D eigenvalue weighted by atomic mass is 19.1. The Kier molecular flexibility index (Phi) is 3.27. The van der Waals surface area contributed by atoms with Crippen LogP contribution in [0.5, 0.6) is 0 Å². The molecule has 1 aromatic heterocycles. The number of nitrogens with one attached hydrogen (secondary N) is 1.